The second-order valence-electron chi connectivity index (χ2n) is 7.07. The molecule has 0 saturated carbocycles. The maximum atomic E-state index is 13.2. The predicted molar refractivity (Wildman–Crippen MR) is 109 cm³/mol. The van der Waals surface area contributed by atoms with Crippen LogP contribution in [0.4, 0.5) is 0 Å². The molecule has 1 atom stereocenters. The van der Waals surface area contributed by atoms with Crippen LogP contribution < -0.4 is 5.56 Å². The molecule has 4 aromatic rings. The molecule has 4 aromatic heterocycles. The van der Waals surface area contributed by atoms with Crippen molar-refractivity contribution in [2.24, 2.45) is 0 Å². The monoisotopic (exact) mass is 406 g/mol. The number of likely N-dealkylation sites (tertiary alicyclic amines) is 1. The Bertz CT molecular complexity index is 1260. The van der Waals surface area contributed by atoms with Gasteiger partial charge in [0.1, 0.15) is 10.7 Å². The van der Waals surface area contributed by atoms with Crippen molar-refractivity contribution in [2.45, 2.75) is 25.8 Å². The van der Waals surface area contributed by atoms with Crippen LogP contribution in [0.3, 0.4) is 0 Å². The van der Waals surface area contributed by atoms with Gasteiger partial charge in [0, 0.05) is 47.7 Å². The van der Waals surface area contributed by atoms with Crippen LogP contribution in [0.2, 0.25) is 0 Å². The lowest BCUT2D eigenvalue weighted by Crippen LogP contribution is -2.31. The molecule has 0 bridgehead atoms. The number of fused-ring (bicyclic) bond motifs is 1. The maximum absolute atomic E-state index is 13.2. The number of amides is 1. The molecule has 9 heteroatoms. The summed E-state index contributed by atoms with van der Waals surface area (Å²) in [5.41, 5.74) is 3.28. The number of carbonyl (C=O) groups excluding carboxylic acids is 1. The van der Waals surface area contributed by atoms with E-state index in [2.05, 4.69) is 20.1 Å². The molecule has 5 heterocycles. The van der Waals surface area contributed by atoms with Crippen LogP contribution in [0.1, 0.15) is 40.8 Å². The van der Waals surface area contributed by atoms with Gasteiger partial charge >= 0.3 is 0 Å². The first-order valence-electron chi connectivity index (χ1n) is 9.36. The first kappa shape index (κ1) is 17.7. The number of H-pyrrole nitrogens is 1. The lowest BCUT2D eigenvalue weighted by molar-refractivity contribution is 0.0727. The number of pyridine rings is 1. The van der Waals surface area contributed by atoms with Crippen molar-refractivity contribution in [2.75, 3.05) is 6.54 Å². The molecule has 1 unspecified atom stereocenters. The van der Waals surface area contributed by atoms with Crippen molar-refractivity contribution >= 4 is 22.9 Å². The first-order chi connectivity index (χ1) is 14.1. The van der Waals surface area contributed by atoms with Crippen molar-refractivity contribution in [3.8, 4) is 10.6 Å². The topological polar surface area (TPSA) is 96.2 Å². The lowest BCUT2D eigenvalue weighted by Gasteiger charge is -2.22. The van der Waals surface area contributed by atoms with Crippen LogP contribution in [0, 0.1) is 6.92 Å². The third kappa shape index (κ3) is 3.13. The van der Waals surface area contributed by atoms with Crippen molar-refractivity contribution in [3.05, 3.63) is 69.5 Å². The summed E-state index contributed by atoms with van der Waals surface area (Å²) in [5, 5.41) is 5.72. The summed E-state index contributed by atoms with van der Waals surface area (Å²) < 4.78 is 1.42. The molecular weight excluding hydrogens is 388 g/mol. The van der Waals surface area contributed by atoms with Gasteiger partial charge in [0.15, 0.2) is 5.65 Å². The number of carbonyl (C=O) groups is 1. The SMILES string of the molecule is Cc1cc(=O)n2[nH]c(C3CCCN3C(=O)c3csc(-c4ccncc4)n3)cc2n1. The second-order valence-corrected chi connectivity index (χ2v) is 7.93. The Labute approximate surface area is 169 Å². The highest BCUT2D eigenvalue weighted by molar-refractivity contribution is 7.13. The molecule has 0 aromatic carbocycles. The van der Waals surface area contributed by atoms with Crippen LogP contribution >= 0.6 is 11.3 Å². The number of hydrogen-bond acceptors (Lipinski definition) is 6. The third-order valence-electron chi connectivity index (χ3n) is 5.12. The van der Waals surface area contributed by atoms with Crippen LogP contribution in [0.25, 0.3) is 16.2 Å². The predicted octanol–water partition coefficient (Wildman–Crippen LogP) is 2.83. The highest BCUT2D eigenvalue weighted by atomic mass is 32.1. The number of nitrogens with one attached hydrogen (secondary N) is 1. The fraction of sp³-hybridized carbons (Fsp3) is 0.250. The molecule has 1 aliphatic heterocycles. The summed E-state index contributed by atoms with van der Waals surface area (Å²) >= 11 is 1.44. The van der Waals surface area contributed by atoms with E-state index in [0.29, 0.717) is 23.6 Å². The Morgan fingerprint density at radius 3 is 2.90 bits per heavy atom. The minimum absolute atomic E-state index is 0.0980. The van der Waals surface area contributed by atoms with Gasteiger partial charge in [0.2, 0.25) is 0 Å². The molecule has 1 fully saturated rings. The number of thiazole rings is 1. The molecule has 0 spiro atoms. The van der Waals surface area contributed by atoms with Gasteiger partial charge < -0.3 is 4.90 Å². The van der Waals surface area contributed by atoms with Crippen molar-refractivity contribution in [3.63, 3.8) is 0 Å². The summed E-state index contributed by atoms with van der Waals surface area (Å²) in [4.78, 5) is 40.2. The molecule has 146 valence electrons. The molecule has 1 saturated heterocycles. The standard InChI is InChI=1S/C20H18N6O2S/c1-12-9-18(27)26-17(22-12)10-14(24-26)16-3-2-8-25(16)20(28)15-11-29-19(23-15)13-4-6-21-7-5-13/h4-7,9-11,16,24H,2-3,8H2,1H3. The fourth-order valence-electron chi connectivity index (χ4n) is 3.78. The van der Waals surface area contributed by atoms with E-state index < -0.39 is 0 Å². The summed E-state index contributed by atoms with van der Waals surface area (Å²) in [6.07, 6.45) is 5.15. The van der Waals surface area contributed by atoms with Crippen molar-refractivity contribution in [1.29, 1.82) is 0 Å². The van der Waals surface area contributed by atoms with Gasteiger partial charge in [-0.2, -0.15) is 0 Å². The number of hydrogen-bond donors (Lipinski definition) is 1. The number of aromatic nitrogens is 5. The van der Waals surface area contributed by atoms with Crippen molar-refractivity contribution < 1.29 is 4.79 Å². The van der Waals surface area contributed by atoms with E-state index in [0.717, 1.165) is 29.1 Å². The number of aromatic amines is 1. The number of rotatable bonds is 3. The maximum Gasteiger partial charge on any atom is 0.273 e. The molecule has 1 amide bonds. The largest absolute Gasteiger partial charge is 0.329 e. The van der Waals surface area contributed by atoms with E-state index in [1.165, 1.54) is 21.9 Å². The minimum Gasteiger partial charge on any atom is -0.329 e. The Kier molecular flexibility index (Phi) is 4.24. The number of aryl methyl sites for hydroxylation is 1. The zero-order valence-electron chi connectivity index (χ0n) is 15.7. The third-order valence-corrected chi connectivity index (χ3v) is 6.01. The van der Waals surface area contributed by atoms with Crippen LogP contribution in [0.5, 0.6) is 0 Å². The van der Waals surface area contributed by atoms with Crippen LogP contribution in [-0.4, -0.2) is 41.9 Å². The van der Waals surface area contributed by atoms with Crippen molar-refractivity contribution in [1.82, 2.24) is 29.5 Å². The summed E-state index contributed by atoms with van der Waals surface area (Å²) in [6.45, 7) is 2.45. The lowest BCUT2D eigenvalue weighted by atomic mass is 10.1. The summed E-state index contributed by atoms with van der Waals surface area (Å²) in [5.74, 6) is -0.0980. The Morgan fingerprint density at radius 2 is 2.07 bits per heavy atom. The average molecular weight is 406 g/mol. The molecule has 8 nitrogen and oxygen atoms in total. The molecule has 0 aliphatic carbocycles. The van der Waals surface area contributed by atoms with E-state index in [4.69, 9.17) is 0 Å². The van der Waals surface area contributed by atoms with E-state index in [-0.39, 0.29) is 17.5 Å². The van der Waals surface area contributed by atoms with Crippen LogP contribution in [0.15, 0.2) is 46.8 Å². The zero-order valence-corrected chi connectivity index (χ0v) is 16.5. The molecule has 5 rings (SSSR count). The van der Waals surface area contributed by atoms with Gasteiger partial charge in [-0.3, -0.25) is 19.7 Å². The molecule has 1 N–H and O–H groups in total. The summed E-state index contributed by atoms with van der Waals surface area (Å²) in [7, 11) is 0. The van der Waals surface area contributed by atoms with Gasteiger partial charge in [0.05, 0.1) is 11.7 Å². The Hall–Kier alpha value is -3.33. The van der Waals surface area contributed by atoms with Gasteiger partial charge in [-0.15, -0.1) is 11.3 Å². The first-order valence-corrected chi connectivity index (χ1v) is 10.2. The molecule has 0 radical (unpaired) electrons. The van der Waals surface area contributed by atoms with E-state index >= 15 is 0 Å². The van der Waals surface area contributed by atoms with Crippen LogP contribution in [-0.2, 0) is 0 Å². The Balaban J connectivity index is 1.45. The molecule has 1 aliphatic rings. The number of nitrogens with zero attached hydrogens (tertiary/aromatic N) is 5. The highest BCUT2D eigenvalue weighted by Gasteiger charge is 2.33. The Morgan fingerprint density at radius 1 is 1.24 bits per heavy atom. The normalized spacial score (nSPS) is 16.6. The van der Waals surface area contributed by atoms with E-state index in [9.17, 15) is 9.59 Å². The average Bonchev–Trinajstić information content (AvgIpc) is 3.46. The second kappa shape index (κ2) is 6.93. The van der Waals surface area contributed by atoms with Gasteiger partial charge in [0.25, 0.3) is 11.5 Å². The zero-order chi connectivity index (χ0) is 20.0. The summed E-state index contributed by atoms with van der Waals surface area (Å²) in [6, 6.07) is 6.97. The highest BCUT2D eigenvalue weighted by Crippen LogP contribution is 2.33. The van der Waals surface area contributed by atoms with E-state index in [1.54, 1.807) is 24.7 Å². The minimum atomic E-state index is -0.156. The quantitative estimate of drug-likeness (QED) is 0.564. The van der Waals surface area contributed by atoms with Gasteiger partial charge in [-0.25, -0.2) is 14.5 Å². The smallest absolute Gasteiger partial charge is 0.273 e. The molecular formula is C20H18N6O2S. The fourth-order valence-corrected chi connectivity index (χ4v) is 4.58. The van der Waals surface area contributed by atoms with E-state index in [1.807, 2.05) is 23.1 Å². The van der Waals surface area contributed by atoms with Gasteiger partial charge in [-0.1, -0.05) is 0 Å². The van der Waals surface area contributed by atoms with Gasteiger partial charge in [-0.05, 0) is 31.9 Å². The molecule has 29 heavy (non-hydrogen) atoms.